The molecule has 0 saturated heterocycles. The standard InChI is InChI=1S/C22H29N5O2S/c1-3-27(22(28)20-12-18-17(25-20)7-5-9-23-18)16-6-4-8-21(30)19(11-16)24-13-15-10-14(2)29-26-15/h5,7,9-10,12,16,19,21,24-25,30H,3-4,6,8,11,13H2,1-2H3/t16-,19-,21-/m0/s1. The second-order valence-corrected chi connectivity index (χ2v) is 8.68. The number of pyridine rings is 1. The molecule has 0 aliphatic heterocycles. The number of fused-ring (bicyclic) bond motifs is 1. The molecule has 0 aromatic carbocycles. The van der Waals surface area contributed by atoms with Crippen molar-refractivity contribution in [3.63, 3.8) is 0 Å². The number of hydrogen-bond donors (Lipinski definition) is 3. The molecule has 7 nitrogen and oxygen atoms in total. The lowest BCUT2D eigenvalue weighted by Gasteiger charge is -2.32. The average molecular weight is 428 g/mol. The fraction of sp³-hybridized carbons (Fsp3) is 0.500. The first-order valence-corrected chi connectivity index (χ1v) is 11.1. The van der Waals surface area contributed by atoms with E-state index in [4.69, 9.17) is 17.2 Å². The van der Waals surface area contributed by atoms with Crippen molar-refractivity contribution in [3.05, 3.63) is 47.6 Å². The molecule has 0 radical (unpaired) electrons. The molecule has 1 aliphatic carbocycles. The van der Waals surface area contributed by atoms with Crippen molar-refractivity contribution in [1.82, 2.24) is 25.3 Å². The summed E-state index contributed by atoms with van der Waals surface area (Å²) in [7, 11) is 0. The van der Waals surface area contributed by atoms with Crippen LogP contribution in [0.4, 0.5) is 0 Å². The van der Waals surface area contributed by atoms with Crippen molar-refractivity contribution < 1.29 is 9.32 Å². The van der Waals surface area contributed by atoms with Crippen LogP contribution in [0.1, 0.15) is 54.5 Å². The first-order valence-electron chi connectivity index (χ1n) is 10.6. The van der Waals surface area contributed by atoms with E-state index in [1.54, 1.807) is 6.20 Å². The average Bonchev–Trinajstić information content (AvgIpc) is 3.32. The van der Waals surface area contributed by atoms with Crippen LogP contribution in [0.5, 0.6) is 0 Å². The number of amides is 1. The van der Waals surface area contributed by atoms with E-state index in [-0.39, 0.29) is 23.2 Å². The lowest BCUT2D eigenvalue weighted by molar-refractivity contribution is 0.0660. The fourth-order valence-electron chi connectivity index (χ4n) is 4.36. The minimum absolute atomic E-state index is 0.0315. The van der Waals surface area contributed by atoms with E-state index in [0.29, 0.717) is 18.8 Å². The number of nitrogens with zero attached hydrogens (tertiary/aromatic N) is 3. The zero-order valence-electron chi connectivity index (χ0n) is 17.5. The minimum atomic E-state index is 0.0315. The molecule has 1 fully saturated rings. The lowest BCUT2D eigenvalue weighted by atomic mass is 10.0. The maximum Gasteiger partial charge on any atom is 0.270 e. The topological polar surface area (TPSA) is 87.0 Å². The van der Waals surface area contributed by atoms with Gasteiger partial charge < -0.3 is 19.7 Å². The second-order valence-electron chi connectivity index (χ2n) is 8.01. The lowest BCUT2D eigenvalue weighted by Crippen LogP contribution is -2.45. The number of thiol groups is 1. The Labute approximate surface area is 182 Å². The molecule has 1 saturated carbocycles. The summed E-state index contributed by atoms with van der Waals surface area (Å²) >= 11 is 4.85. The zero-order chi connectivity index (χ0) is 21.1. The predicted molar refractivity (Wildman–Crippen MR) is 120 cm³/mol. The van der Waals surface area contributed by atoms with Crippen molar-refractivity contribution in [1.29, 1.82) is 0 Å². The second kappa shape index (κ2) is 9.22. The summed E-state index contributed by atoms with van der Waals surface area (Å²) in [4.78, 5) is 22.9. The van der Waals surface area contributed by atoms with Crippen molar-refractivity contribution in [2.45, 2.75) is 63.4 Å². The van der Waals surface area contributed by atoms with Crippen LogP contribution in [-0.2, 0) is 6.54 Å². The van der Waals surface area contributed by atoms with Gasteiger partial charge in [-0.15, -0.1) is 0 Å². The van der Waals surface area contributed by atoms with E-state index in [1.807, 2.05) is 43.0 Å². The summed E-state index contributed by atoms with van der Waals surface area (Å²) in [6.07, 6.45) is 5.67. The normalized spacial score (nSPS) is 22.2. The van der Waals surface area contributed by atoms with Gasteiger partial charge in [0.2, 0.25) is 0 Å². The Morgan fingerprint density at radius 2 is 2.27 bits per heavy atom. The van der Waals surface area contributed by atoms with E-state index in [9.17, 15) is 4.79 Å². The molecule has 30 heavy (non-hydrogen) atoms. The summed E-state index contributed by atoms with van der Waals surface area (Å²) in [6, 6.07) is 7.97. The van der Waals surface area contributed by atoms with Gasteiger partial charge in [0.05, 0.1) is 16.7 Å². The van der Waals surface area contributed by atoms with Crippen molar-refractivity contribution in [2.75, 3.05) is 6.54 Å². The maximum atomic E-state index is 13.3. The number of H-pyrrole nitrogens is 1. The highest BCUT2D eigenvalue weighted by atomic mass is 32.1. The van der Waals surface area contributed by atoms with E-state index in [2.05, 4.69) is 20.4 Å². The molecule has 0 bridgehead atoms. The van der Waals surface area contributed by atoms with Gasteiger partial charge in [-0.2, -0.15) is 12.6 Å². The third kappa shape index (κ3) is 4.54. The number of aromatic nitrogens is 3. The number of aryl methyl sites for hydroxylation is 1. The van der Waals surface area contributed by atoms with Crippen LogP contribution >= 0.6 is 12.6 Å². The summed E-state index contributed by atoms with van der Waals surface area (Å²) in [6.45, 7) is 5.24. The molecule has 3 aromatic rings. The van der Waals surface area contributed by atoms with Crippen LogP contribution in [0.3, 0.4) is 0 Å². The molecule has 3 heterocycles. The Balaban J connectivity index is 1.48. The molecule has 3 aromatic heterocycles. The van der Waals surface area contributed by atoms with Crippen LogP contribution < -0.4 is 5.32 Å². The van der Waals surface area contributed by atoms with Gasteiger partial charge in [0, 0.05) is 42.7 Å². The molecule has 4 rings (SSSR count). The van der Waals surface area contributed by atoms with Crippen LogP contribution in [0.15, 0.2) is 35.0 Å². The number of nitrogens with one attached hydrogen (secondary N) is 2. The number of carbonyl (C=O) groups is 1. The van der Waals surface area contributed by atoms with Gasteiger partial charge in [-0.3, -0.25) is 9.78 Å². The summed E-state index contributed by atoms with van der Waals surface area (Å²) < 4.78 is 5.17. The van der Waals surface area contributed by atoms with Crippen molar-refractivity contribution in [3.8, 4) is 0 Å². The highest BCUT2D eigenvalue weighted by Gasteiger charge is 2.32. The van der Waals surface area contributed by atoms with Gasteiger partial charge in [-0.25, -0.2) is 0 Å². The van der Waals surface area contributed by atoms with E-state index in [0.717, 1.165) is 48.2 Å². The van der Waals surface area contributed by atoms with Crippen LogP contribution in [0, 0.1) is 6.92 Å². The molecule has 0 unspecified atom stereocenters. The molecule has 1 amide bonds. The summed E-state index contributed by atoms with van der Waals surface area (Å²) in [5, 5.41) is 7.91. The molecule has 2 N–H and O–H groups in total. The molecular formula is C22H29N5O2S. The Kier molecular flexibility index (Phi) is 6.43. The Morgan fingerprint density at radius 1 is 1.40 bits per heavy atom. The largest absolute Gasteiger partial charge is 0.361 e. The highest BCUT2D eigenvalue weighted by Crippen LogP contribution is 2.27. The predicted octanol–water partition coefficient (Wildman–Crippen LogP) is 3.72. The molecule has 3 atom stereocenters. The molecule has 0 spiro atoms. The molecule has 160 valence electrons. The van der Waals surface area contributed by atoms with Gasteiger partial charge in [-0.1, -0.05) is 11.6 Å². The summed E-state index contributed by atoms with van der Waals surface area (Å²) in [5.74, 6) is 0.840. The Hall–Kier alpha value is -2.32. The van der Waals surface area contributed by atoms with Crippen LogP contribution in [0.2, 0.25) is 0 Å². The summed E-state index contributed by atoms with van der Waals surface area (Å²) in [5.41, 5.74) is 3.19. The number of rotatable bonds is 6. The third-order valence-electron chi connectivity index (χ3n) is 5.91. The number of aromatic amines is 1. The first-order chi connectivity index (χ1) is 14.5. The Bertz CT molecular complexity index is 967. The van der Waals surface area contributed by atoms with Crippen LogP contribution in [0.25, 0.3) is 11.0 Å². The highest BCUT2D eigenvalue weighted by molar-refractivity contribution is 7.81. The first kappa shape index (κ1) is 20.9. The van der Waals surface area contributed by atoms with E-state index in [1.165, 1.54) is 0 Å². The van der Waals surface area contributed by atoms with Gasteiger partial charge in [0.25, 0.3) is 5.91 Å². The van der Waals surface area contributed by atoms with Crippen LogP contribution in [-0.4, -0.2) is 49.8 Å². The zero-order valence-corrected chi connectivity index (χ0v) is 18.4. The SMILES string of the molecule is CCN(C(=O)c1cc2ncccc2[nH]1)[C@H]1CCC[C@H](S)[C@@H](NCc2cc(C)on2)C1. The third-order valence-corrected chi connectivity index (χ3v) is 6.53. The van der Waals surface area contributed by atoms with Crippen molar-refractivity contribution in [2.24, 2.45) is 0 Å². The van der Waals surface area contributed by atoms with Gasteiger partial charge in [0.15, 0.2) is 0 Å². The number of carbonyl (C=O) groups excluding carboxylic acids is 1. The van der Waals surface area contributed by atoms with E-state index < -0.39 is 0 Å². The smallest absolute Gasteiger partial charge is 0.270 e. The molecular weight excluding hydrogens is 398 g/mol. The Morgan fingerprint density at radius 3 is 3.00 bits per heavy atom. The number of hydrogen-bond acceptors (Lipinski definition) is 6. The molecule has 1 aliphatic rings. The van der Waals surface area contributed by atoms with Gasteiger partial charge in [0.1, 0.15) is 11.5 Å². The quantitative estimate of drug-likeness (QED) is 0.412. The molecule has 8 heteroatoms. The van der Waals surface area contributed by atoms with Gasteiger partial charge >= 0.3 is 0 Å². The van der Waals surface area contributed by atoms with Gasteiger partial charge in [-0.05, 0) is 51.3 Å². The fourth-order valence-corrected chi connectivity index (χ4v) is 4.77. The van der Waals surface area contributed by atoms with E-state index >= 15 is 0 Å². The minimum Gasteiger partial charge on any atom is -0.361 e. The van der Waals surface area contributed by atoms with Crippen molar-refractivity contribution >= 4 is 29.6 Å². The maximum absolute atomic E-state index is 13.3. The monoisotopic (exact) mass is 427 g/mol.